The summed E-state index contributed by atoms with van der Waals surface area (Å²) in [6.45, 7) is 2.02. The number of aromatic nitrogens is 2. The highest BCUT2D eigenvalue weighted by Crippen LogP contribution is 2.16. The summed E-state index contributed by atoms with van der Waals surface area (Å²) in [5.41, 5.74) is -0.335. The Hall–Kier alpha value is -1.54. The summed E-state index contributed by atoms with van der Waals surface area (Å²) in [5.74, 6) is -0.300. The van der Waals surface area contributed by atoms with E-state index in [1.807, 2.05) is 4.90 Å². The van der Waals surface area contributed by atoms with Gasteiger partial charge in [0.25, 0.3) is 10.3 Å². The van der Waals surface area contributed by atoms with Crippen LogP contribution in [0.1, 0.15) is 18.4 Å². The molecule has 1 aliphatic heterocycles. The van der Waals surface area contributed by atoms with E-state index in [-0.39, 0.29) is 22.7 Å². The first-order valence-electron chi connectivity index (χ1n) is 5.30. The van der Waals surface area contributed by atoms with Crippen LogP contribution in [0.2, 0.25) is 0 Å². The highest BCUT2D eigenvalue weighted by Gasteiger charge is 2.21. The summed E-state index contributed by atoms with van der Waals surface area (Å²) >= 11 is 4.72. The Balaban J connectivity index is 2.40. The van der Waals surface area contributed by atoms with Gasteiger partial charge < -0.3 is 10.1 Å². The van der Waals surface area contributed by atoms with Gasteiger partial charge in [0.05, 0.1) is 0 Å². The molecule has 0 amide bonds. The van der Waals surface area contributed by atoms with Gasteiger partial charge in [-0.05, 0) is 43.1 Å². The van der Waals surface area contributed by atoms with Crippen LogP contribution in [0.25, 0.3) is 0 Å². The first kappa shape index (κ1) is 11.9. The Labute approximate surface area is 102 Å². The highest BCUT2D eigenvalue weighted by molar-refractivity contribution is 7.71. The zero-order chi connectivity index (χ0) is 12.4. The molecule has 0 bridgehead atoms. The van der Waals surface area contributed by atoms with Crippen molar-refractivity contribution < 1.29 is 4.92 Å². The van der Waals surface area contributed by atoms with Crippen molar-refractivity contribution in [2.45, 2.75) is 19.4 Å². The highest BCUT2D eigenvalue weighted by atomic mass is 32.1. The lowest BCUT2D eigenvalue weighted by Gasteiger charge is -2.13. The summed E-state index contributed by atoms with van der Waals surface area (Å²) in [4.78, 5) is 28.8. The number of aromatic amines is 2. The Morgan fingerprint density at radius 2 is 2.00 bits per heavy atom. The molecular weight excluding hydrogens is 244 g/mol. The van der Waals surface area contributed by atoms with E-state index in [1.54, 1.807) is 0 Å². The number of nitrogens with one attached hydrogen (secondary N) is 2. The molecule has 0 spiro atoms. The van der Waals surface area contributed by atoms with Crippen LogP contribution in [0.15, 0.2) is 4.79 Å². The molecule has 0 radical (unpaired) electrons. The molecular formula is C9H12N4O3S. The van der Waals surface area contributed by atoms with Gasteiger partial charge in [0.15, 0.2) is 0 Å². The van der Waals surface area contributed by atoms with Crippen molar-refractivity contribution in [2.24, 2.45) is 0 Å². The molecule has 0 saturated carbocycles. The van der Waals surface area contributed by atoms with E-state index in [4.69, 9.17) is 12.2 Å². The van der Waals surface area contributed by atoms with Crippen LogP contribution in [0, 0.1) is 14.9 Å². The van der Waals surface area contributed by atoms with E-state index in [9.17, 15) is 14.9 Å². The molecule has 1 aromatic heterocycles. The van der Waals surface area contributed by atoms with E-state index in [0.717, 1.165) is 25.9 Å². The smallest absolute Gasteiger partial charge is 0.333 e. The molecule has 2 N–H and O–H groups in total. The van der Waals surface area contributed by atoms with Gasteiger partial charge in [-0.1, -0.05) is 0 Å². The lowest BCUT2D eigenvalue weighted by atomic mass is 10.3. The predicted octanol–water partition coefficient (Wildman–Crippen LogP) is 0.936. The second kappa shape index (κ2) is 4.76. The van der Waals surface area contributed by atoms with Crippen molar-refractivity contribution in [3.05, 3.63) is 30.8 Å². The molecule has 92 valence electrons. The van der Waals surface area contributed by atoms with Crippen molar-refractivity contribution in [3.8, 4) is 0 Å². The Morgan fingerprint density at radius 1 is 1.35 bits per heavy atom. The molecule has 0 aromatic carbocycles. The van der Waals surface area contributed by atoms with E-state index < -0.39 is 10.5 Å². The summed E-state index contributed by atoms with van der Waals surface area (Å²) in [6.07, 6.45) is 2.13. The van der Waals surface area contributed by atoms with Crippen LogP contribution in [-0.4, -0.2) is 32.9 Å². The predicted molar refractivity (Wildman–Crippen MR) is 63.4 cm³/mol. The number of H-pyrrole nitrogens is 2. The van der Waals surface area contributed by atoms with Crippen molar-refractivity contribution in [3.63, 3.8) is 0 Å². The number of likely N-dealkylation sites (tertiary alicyclic amines) is 1. The van der Waals surface area contributed by atoms with Crippen LogP contribution in [0.3, 0.4) is 0 Å². The standard InChI is InChI=1S/C9H12N4O3S/c14-8-6(5-12-3-1-2-4-12)7(13(15)16)10-9(17)11-8/h1-5H2,(H2,10,11,14,17). The second-order valence-electron chi connectivity index (χ2n) is 3.98. The van der Waals surface area contributed by atoms with Gasteiger partial charge in [0.2, 0.25) is 0 Å². The molecule has 7 nitrogen and oxygen atoms in total. The van der Waals surface area contributed by atoms with Crippen molar-refractivity contribution in [1.29, 1.82) is 0 Å². The van der Waals surface area contributed by atoms with Crippen molar-refractivity contribution in [1.82, 2.24) is 14.9 Å². The molecule has 2 heterocycles. The number of hydrogen-bond acceptors (Lipinski definition) is 5. The molecule has 0 aliphatic carbocycles. The minimum atomic E-state index is -0.601. The maximum atomic E-state index is 11.7. The first-order chi connectivity index (χ1) is 8.08. The SMILES string of the molecule is O=c1[nH]c(=S)[nH]c([N+](=O)[O-])c1CN1CCCC1. The van der Waals surface area contributed by atoms with Crippen LogP contribution >= 0.6 is 12.2 Å². The van der Waals surface area contributed by atoms with E-state index >= 15 is 0 Å². The van der Waals surface area contributed by atoms with Crippen LogP contribution in [0.4, 0.5) is 5.82 Å². The molecule has 17 heavy (non-hydrogen) atoms. The summed E-state index contributed by atoms with van der Waals surface area (Å²) in [7, 11) is 0. The lowest BCUT2D eigenvalue weighted by molar-refractivity contribution is -0.390. The fraction of sp³-hybridized carbons (Fsp3) is 0.556. The fourth-order valence-electron chi connectivity index (χ4n) is 1.97. The van der Waals surface area contributed by atoms with Gasteiger partial charge >= 0.3 is 5.82 Å². The number of hydrogen-bond donors (Lipinski definition) is 2. The van der Waals surface area contributed by atoms with Crippen LogP contribution in [0.5, 0.6) is 0 Å². The van der Waals surface area contributed by atoms with Crippen molar-refractivity contribution >= 4 is 18.0 Å². The number of nitro groups is 1. The average molecular weight is 256 g/mol. The zero-order valence-electron chi connectivity index (χ0n) is 9.06. The van der Waals surface area contributed by atoms with Crippen LogP contribution in [-0.2, 0) is 6.54 Å². The fourth-order valence-corrected chi connectivity index (χ4v) is 2.16. The summed E-state index contributed by atoms with van der Waals surface area (Å²) in [6, 6.07) is 0. The number of nitrogens with zero attached hydrogens (tertiary/aromatic N) is 2. The number of rotatable bonds is 3. The molecule has 1 fully saturated rings. The lowest BCUT2D eigenvalue weighted by Crippen LogP contribution is -2.26. The molecule has 1 saturated heterocycles. The van der Waals surface area contributed by atoms with Gasteiger partial charge in [0, 0.05) is 6.54 Å². The maximum Gasteiger partial charge on any atom is 0.333 e. The normalized spacial score (nSPS) is 16.2. The molecule has 1 aliphatic rings. The topological polar surface area (TPSA) is 95.0 Å². The molecule has 0 unspecified atom stereocenters. The van der Waals surface area contributed by atoms with Gasteiger partial charge in [-0.15, -0.1) is 0 Å². The van der Waals surface area contributed by atoms with E-state index in [1.165, 1.54) is 0 Å². The summed E-state index contributed by atoms with van der Waals surface area (Å²) < 4.78 is -0.0214. The Bertz CT molecular complexity index is 544. The first-order valence-corrected chi connectivity index (χ1v) is 5.71. The van der Waals surface area contributed by atoms with Gasteiger partial charge in [0.1, 0.15) is 5.56 Å². The quantitative estimate of drug-likeness (QED) is 0.476. The monoisotopic (exact) mass is 256 g/mol. The largest absolute Gasteiger partial charge is 0.358 e. The second-order valence-corrected chi connectivity index (χ2v) is 4.38. The minimum absolute atomic E-state index is 0.0214. The zero-order valence-corrected chi connectivity index (χ0v) is 9.88. The Morgan fingerprint density at radius 3 is 2.59 bits per heavy atom. The third-order valence-corrected chi connectivity index (χ3v) is 2.99. The van der Waals surface area contributed by atoms with E-state index in [0.29, 0.717) is 0 Å². The third-order valence-electron chi connectivity index (χ3n) is 2.78. The van der Waals surface area contributed by atoms with Gasteiger partial charge in [-0.2, -0.15) is 0 Å². The maximum absolute atomic E-state index is 11.7. The summed E-state index contributed by atoms with van der Waals surface area (Å²) in [5, 5.41) is 10.9. The third kappa shape index (κ3) is 2.59. The molecule has 1 aromatic rings. The van der Waals surface area contributed by atoms with Gasteiger partial charge in [-0.25, -0.2) is 4.98 Å². The molecule has 0 atom stereocenters. The molecule has 8 heteroatoms. The van der Waals surface area contributed by atoms with Crippen molar-refractivity contribution in [2.75, 3.05) is 13.1 Å². The van der Waals surface area contributed by atoms with Gasteiger partial charge in [-0.3, -0.25) is 14.7 Å². The average Bonchev–Trinajstić information content (AvgIpc) is 2.74. The minimum Gasteiger partial charge on any atom is -0.358 e. The van der Waals surface area contributed by atoms with Crippen LogP contribution < -0.4 is 5.56 Å². The Kier molecular flexibility index (Phi) is 3.34. The van der Waals surface area contributed by atoms with E-state index in [2.05, 4.69) is 9.97 Å². The molecule has 2 rings (SSSR count).